The van der Waals surface area contributed by atoms with Crippen molar-refractivity contribution in [3.8, 4) is 0 Å². The Morgan fingerprint density at radius 3 is 2.67 bits per heavy atom. The molecule has 0 bridgehead atoms. The first-order chi connectivity index (χ1) is 11.8. The predicted molar refractivity (Wildman–Crippen MR) is 98.4 cm³/mol. The number of benzene rings is 2. The molecule has 0 amide bonds. The molecular formula is C21H18N2O. The average Bonchev–Trinajstić information content (AvgIpc) is 2.80. The molecule has 1 aliphatic carbocycles. The number of anilines is 1. The second-order valence-electron chi connectivity index (χ2n) is 6.15. The Kier molecular flexibility index (Phi) is 3.83. The molecule has 2 aromatic carbocycles. The van der Waals surface area contributed by atoms with Crippen molar-refractivity contribution in [2.45, 2.75) is 12.8 Å². The maximum Gasteiger partial charge on any atom is 0.166 e. The molecule has 2 aromatic rings. The van der Waals surface area contributed by atoms with Crippen molar-refractivity contribution in [3.63, 3.8) is 0 Å². The summed E-state index contributed by atoms with van der Waals surface area (Å²) in [7, 11) is 0. The summed E-state index contributed by atoms with van der Waals surface area (Å²) in [4.78, 5) is 17.0. The first-order valence-corrected chi connectivity index (χ1v) is 8.19. The van der Waals surface area contributed by atoms with Crippen molar-refractivity contribution in [1.82, 2.24) is 0 Å². The second kappa shape index (κ2) is 6.28. The fourth-order valence-electron chi connectivity index (χ4n) is 3.16. The molecule has 24 heavy (non-hydrogen) atoms. The van der Waals surface area contributed by atoms with Gasteiger partial charge in [-0.25, -0.2) is 0 Å². The van der Waals surface area contributed by atoms with Crippen LogP contribution in [0.3, 0.4) is 0 Å². The topological polar surface area (TPSA) is 41.5 Å². The normalized spacial score (nSPS) is 19.7. The van der Waals surface area contributed by atoms with Gasteiger partial charge < -0.3 is 5.32 Å². The lowest BCUT2D eigenvalue weighted by atomic mass is 9.86. The van der Waals surface area contributed by atoms with Gasteiger partial charge in [-0.3, -0.25) is 9.79 Å². The molecule has 0 spiro atoms. The first-order valence-electron chi connectivity index (χ1n) is 8.19. The maximum atomic E-state index is 12.5. The van der Waals surface area contributed by atoms with Gasteiger partial charge in [0.1, 0.15) is 0 Å². The molecule has 1 heterocycles. The second-order valence-corrected chi connectivity index (χ2v) is 6.15. The van der Waals surface area contributed by atoms with E-state index in [0.29, 0.717) is 6.42 Å². The van der Waals surface area contributed by atoms with Crippen LogP contribution in [0, 0.1) is 5.92 Å². The molecule has 3 nitrogen and oxygen atoms in total. The van der Waals surface area contributed by atoms with Crippen LogP contribution >= 0.6 is 0 Å². The number of ketones is 1. The Balaban J connectivity index is 1.59. The van der Waals surface area contributed by atoms with Gasteiger partial charge in [0.05, 0.1) is 16.9 Å². The monoisotopic (exact) mass is 314 g/mol. The van der Waals surface area contributed by atoms with E-state index in [1.807, 2.05) is 42.5 Å². The number of aliphatic imine (C=N–C) groups is 1. The molecule has 0 radical (unpaired) electrons. The molecule has 0 saturated heterocycles. The number of carbonyl (C=O) groups is 1. The largest absolute Gasteiger partial charge is 0.356 e. The van der Waals surface area contributed by atoms with Gasteiger partial charge in [-0.2, -0.15) is 0 Å². The minimum absolute atomic E-state index is 0.156. The van der Waals surface area contributed by atoms with Gasteiger partial charge in [-0.1, -0.05) is 54.6 Å². The minimum atomic E-state index is 0.156. The summed E-state index contributed by atoms with van der Waals surface area (Å²) in [5.74, 6) is 0.366. The zero-order valence-electron chi connectivity index (χ0n) is 13.3. The van der Waals surface area contributed by atoms with E-state index in [9.17, 15) is 4.79 Å². The third-order valence-corrected chi connectivity index (χ3v) is 4.42. The quantitative estimate of drug-likeness (QED) is 0.868. The van der Waals surface area contributed by atoms with Gasteiger partial charge in [-0.05, 0) is 30.0 Å². The molecular weight excluding hydrogens is 296 g/mol. The summed E-state index contributed by atoms with van der Waals surface area (Å²) in [6.45, 7) is 0. The van der Waals surface area contributed by atoms with Crippen LogP contribution in [0.2, 0.25) is 0 Å². The van der Waals surface area contributed by atoms with Crippen molar-refractivity contribution < 1.29 is 4.79 Å². The Morgan fingerprint density at radius 2 is 1.79 bits per heavy atom. The highest BCUT2D eigenvalue weighted by atomic mass is 16.1. The number of nitrogens with zero attached hydrogens (tertiary/aromatic N) is 1. The van der Waals surface area contributed by atoms with Gasteiger partial charge >= 0.3 is 0 Å². The van der Waals surface area contributed by atoms with Crippen molar-refractivity contribution >= 4 is 29.4 Å². The van der Waals surface area contributed by atoms with E-state index in [2.05, 4.69) is 34.6 Å². The standard InChI is InChI=1S/C21H18N2O/c24-21-13-16(11-10-15-6-2-1-3-7-15)12-20-17(21)14-22-18-8-4-5-9-19(18)23-20/h1-11,14,16,23H,12-13H2/b11-10+/t16-/m1/s1. The van der Waals surface area contributed by atoms with Crippen LogP contribution in [-0.2, 0) is 4.79 Å². The molecule has 0 saturated carbocycles. The van der Waals surface area contributed by atoms with Crippen LogP contribution in [0.25, 0.3) is 6.08 Å². The van der Waals surface area contributed by atoms with Crippen molar-refractivity contribution in [1.29, 1.82) is 0 Å². The molecule has 1 aliphatic heterocycles. The van der Waals surface area contributed by atoms with Crippen LogP contribution in [0.15, 0.2) is 76.9 Å². The SMILES string of the molecule is O=C1C[C@H](/C=C/c2ccccc2)CC2=C1C=Nc1ccccc1N2. The highest BCUT2D eigenvalue weighted by molar-refractivity contribution is 6.16. The number of allylic oxidation sites excluding steroid dienone is 3. The third kappa shape index (κ3) is 2.93. The molecule has 2 aliphatic rings. The predicted octanol–water partition coefficient (Wildman–Crippen LogP) is 4.76. The summed E-state index contributed by atoms with van der Waals surface area (Å²) in [6, 6.07) is 18.1. The number of Topliss-reactive ketones (excluding diaryl/α,β-unsaturated/α-hetero) is 1. The molecule has 0 fully saturated rings. The van der Waals surface area contributed by atoms with Crippen molar-refractivity contribution in [2.24, 2.45) is 10.9 Å². The number of nitrogens with one attached hydrogen (secondary N) is 1. The summed E-state index contributed by atoms with van der Waals surface area (Å²) < 4.78 is 0. The van der Waals surface area contributed by atoms with Gasteiger partial charge in [0.25, 0.3) is 0 Å². The van der Waals surface area contributed by atoms with E-state index >= 15 is 0 Å². The Bertz CT molecular complexity index is 862. The summed E-state index contributed by atoms with van der Waals surface area (Å²) in [5, 5.41) is 3.42. The Hall–Kier alpha value is -2.94. The number of hydrogen-bond acceptors (Lipinski definition) is 3. The lowest BCUT2D eigenvalue weighted by Gasteiger charge is -2.23. The molecule has 1 N–H and O–H groups in total. The molecule has 0 aromatic heterocycles. The molecule has 118 valence electrons. The van der Waals surface area contributed by atoms with Crippen LogP contribution in [0.5, 0.6) is 0 Å². The summed E-state index contributed by atoms with van der Waals surface area (Å²) >= 11 is 0. The molecule has 4 rings (SSSR count). The lowest BCUT2D eigenvalue weighted by molar-refractivity contribution is -0.116. The third-order valence-electron chi connectivity index (χ3n) is 4.42. The fraction of sp³-hybridized carbons (Fsp3) is 0.143. The summed E-state index contributed by atoms with van der Waals surface area (Å²) in [6.07, 6.45) is 7.32. The Labute approximate surface area is 141 Å². The number of para-hydroxylation sites is 2. The molecule has 3 heteroatoms. The zero-order valence-corrected chi connectivity index (χ0v) is 13.3. The van der Waals surface area contributed by atoms with Crippen LogP contribution in [0.1, 0.15) is 18.4 Å². The van der Waals surface area contributed by atoms with E-state index in [-0.39, 0.29) is 11.7 Å². The van der Waals surface area contributed by atoms with Crippen LogP contribution < -0.4 is 5.32 Å². The van der Waals surface area contributed by atoms with Gasteiger partial charge in [0.2, 0.25) is 0 Å². The smallest absolute Gasteiger partial charge is 0.166 e. The zero-order chi connectivity index (χ0) is 16.4. The highest BCUT2D eigenvalue weighted by Gasteiger charge is 2.27. The number of fused-ring (bicyclic) bond motifs is 1. The lowest BCUT2D eigenvalue weighted by Crippen LogP contribution is -2.22. The fourth-order valence-corrected chi connectivity index (χ4v) is 3.16. The van der Waals surface area contributed by atoms with Crippen LogP contribution in [-0.4, -0.2) is 12.0 Å². The average molecular weight is 314 g/mol. The van der Waals surface area contributed by atoms with Gasteiger partial charge in [0.15, 0.2) is 5.78 Å². The van der Waals surface area contributed by atoms with E-state index in [0.717, 1.165) is 34.6 Å². The minimum Gasteiger partial charge on any atom is -0.356 e. The molecule has 0 unspecified atom stereocenters. The maximum absolute atomic E-state index is 12.5. The van der Waals surface area contributed by atoms with Crippen molar-refractivity contribution in [3.05, 3.63) is 77.5 Å². The highest BCUT2D eigenvalue weighted by Crippen LogP contribution is 2.34. The van der Waals surface area contributed by atoms with E-state index < -0.39 is 0 Å². The first kappa shape index (κ1) is 14.6. The van der Waals surface area contributed by atoms with Crippen LogP contribution in [0.4, 0.5) is 11.4 Å². The summed E-state index contributed by atoms with van der Waals surface area (Å²) in [5.41, 5.74) is 4.68. The number of hydrogen-bond donors (Lipinski definition) is 1. The van der Waals surface area contributed by atoms with Gasteiger partial charge in [-0.15, -0.1) is 0 Å². The number of carbonyl (C=O) groups excluding carboxylic acids is 1. The van der Waals surface area contributed by atoms with E-state index in [4.69, 9.17) is 0 Å². The molecule has 1 atom stereocenters. The van der Waals surface area contributed by atoms with Crippen molar-refractivity contribution in [2.75, 3.05) is 5.32 Å². The Morgan fingerprint density at radius 1 is 1.00 bits per heavy atom. The van der Waals surface area contributed by atoms with E-state index in [1.54, 1.807) is 6.21 Å². The van der Waals surface area contributed by atoms with E-state index in [1.165, 1.54) is 0 Å². The van der Waals surface area contributed by atoms with Gasteiger partial charge in [0, 0.05) is 18.3 Å². The number of rotatable bonds is 2.